The van der Waals surface area contributed by atoms with Gasteiger partial charge in [0.15, 0.2) is 0 Å². The fourth-order valence-electron chi connectivity index (χ4n) is 2.14. The monoisotopic (exact) mass is 322 g/mol. The van der Waals surface area contributed by atoms with Crippen molar-refractivity contribution in [1.82, 2.24) is 9.80 Å². The number of benzene rings is 1. The number of phenols is 1. The smallest absolute Gasteiger partial charge is 0.329 e. The van der Waals surface area contributed by atoms with Gasteiger partial charge in [0.1, 0.15) is 11.3 Å². The summed E-state index contributed by atoms with van der Waals surface area (Å²) in [6.07, 6.45) is 0.383. The minimum Gasteiger partial charge on any atom is -0.508 e. The quantitative estimate of drug-likeness (QED) is 0.860. The van der Waals surface area contributed by atoms with E-state index in [0.717, 1.165) is 11.8 Å². The maximum atomic E-state index is 12.4. The second-order valence-electron chi connectivity index (χ2n) is 5.80. The number of amides is 3. The highest BCUT2D eigenvalue weighted by molar-refractivity contribution is 5.99. The topological polar surface area (TPSA) is 98.2 Å². The van der Waals surface area contributed by atoms with Crippen LogP contribution in [-0.2, 0) is 16.0 Å². The lowest BCUT2D eigenvalue weighted by Crippen LogP contribution is -2.58. The Morgan fingerprint density at radius 2 is 1.74 bits per heavy atom. The minimum absolute atomic E-state index is 0.127. The Labute approximate surface area is 135 Å². The molecule has 0 heterocycles. The number of urea groups is 1. The molecule has 23 heavy (non-hydrogen) atoms. The second kappa shape index (κ2) is 7.13. The molecule has 1 aromatic rings. The molecule has 0 saturated heterocycles. The zero-order valence-corrected chi connectivity index (χ0v) is 13.7. The molecule has 0 bridgehead atoms. The van der Waals surface area contributed by atoms with Crippen molar-refractivity contribution in [3.63, 3.8) is 0 Å². The number of hydrogen-bond donors (Lipinski definition) is 2. The molecule has 0 unspecified atom stereocenters. The summed E-state index contributed by atoms with van der Waals surface area (Å²) in [5.74, 6) is -1.78. The van der Waals surface area contributed by atoms with Crippen molar-refractivity contribution in [2.75, 3.05) is 13.6 Å². The van der Waals surface area contributed by atoms with E-state index in [1.807, 2.05) is 0 Å². The summed E-state index contributed by atoms with van der Waals surface area (Å²) in [5, 5.41) is 19.0. The lowest BCUT2D eigenvalue weighted by Gasteiger charge is -2.35. The summed E-state index contributed by atoms with van der Waals surface area (Å²) in [7, 11) is 1.48. The van der Waals surface area contributed by atoms with E-state index in [1.165, 1.54) is 25.8 Å². The normalized spacial score (nSPS) is 11.0. The molecule has 1 rings (SSSR count). The Kier molecular flexibility index (Phi) is 5.73. The van der Waals surface area contributed by atoms with Crippen LogP contribution >= 0.6 is 0 Å². The molecule has 2 N–H and O–H groups in total. The van der Waals surface area contributed by atoms with Gasteiger partial charge in [-0.05, 0) is 31.9 Å². The van der Waals surface area contributed by atoms with Crippen LogP contribution < -0.4 is 0 Å². The van der Waals surface area contributed by atoms with Crippen molar-refractivity contribution in [3.05, 3.63) is 29.8 Å². The summed E-state index contributed by atoms with van der Waals surface area (Å²) >= 11 is 0. The number of para-hydroxylation sites is 1. The molecule has 7 nitrogen and oxygen atoms in total. The third-order valence-electron chi connectivity index (χ3n) is 3.62. The Morgan fingerprint density at radius 3 is 2.22 bits per heavy atom. The molecule has 0 aliphatic rings. The first-order chi connectivity index (χ1) is 10.6. The number of carboxylic acid groups (broad SMARTS) is 1. The molecule has 1 aromatic carbocycles. The molecule has 0 saturated carbocycles. The number of carboxylic acids is 1. The van der Waals surface area contributed by atoms with Gasteiger partial charge in [0.05, 0.1) is 0 Å². The number of imide groups is 1. The molecule has 0 aromatic heterocycles. The van der Waals surface area contributed by atoms with E-state index in [4.69, 9.17) is 0 Å². The molecular formula is C16H22N2O5. The highest BCUT2D eigenvalue weighted by Gasteiger charge is 2.41. The van der Waals surface area contributed by atoms with Crippen molar-refractivity contribution >= 4 is 17.9 Å². The standard InChI is InChI=1S/C16H22N2O5/c1-11(19)18(16(2,3)14(21)22)15(23)17(4)10-9-12-7-5-6-8-13(12)20/h5-8,20H,9-10H2,1-4H3,(H,21,22). The molecule has 0 aliphatic heterocycles. The lowest BCUT2D eigenvalue weighted by atomic mass is 10.0. The highest BCUT2D eigenvalue weighted by atomic mass is 16.4. The largest absolute Gasteiger partial charge is 0.508 e. The number of rotatable bonds is 5. The summed E-state index contributed by atoms with van der Waals surface area (Å²) in [5.41, 5.74) is -0.981. The third kappa shape index (κ3) is 4.21. The molecule has 0 atom stereocenters. The molecule has 0 fully saturated rings. The predicted octanol–water partition coefficient (Wildman–Crippen LogP) is 1.70. The molecule has 0 radical (unpaired) electrons. The average Bonchev–Trinajstić information content (AvgIpc) is 2.45. The molecule has 0 aliphatic carbocycles. The van der Waals surface area contributed by atoms with E-state index >= 15 is 0 Å². The number of likely N-dealkylation sites (N-methyl/N-ethyl adjacent to an activating group) is 1. The van der Waals surface area contributed by atoms with Gasteiger partial charge >= 0.3 is 12.0 Å². The first-order valence-corrected chi connectivity index (χ1v) is 7.15. The summed E-state index contributed by atoms with van der Waals surface area (Å²) < 4.78 is 0. The Hall–Kier alpha value is -2.57. The fraction of sp³-hybridized carbons (Fsp3) is 0.438. The van der Waals surface area contributed by atoms with Crippen LogP contribution in [-0.4, -0.2) is 57.1 Å². The maximum absolute atomic E-state index is 12.4. The number of hydrogen-bond acceptors (Lipinski definition) is 4. The van der Waals surface area contributed by atoms with Crippen LogP contribution in [0.25, 0.3) is 0 Å². The molecule has 126 valence electrons. The molecule has 3 amide bonds. The van der Waals surface area contributed by atoms with Crippen molar-refractivity contribution in [3.8, 4) is 5.75 Å². The number of carbonyl (C=O) groups excluding carboxylic acids is 2. The Balaban J connectivity index is 2.87. The molecule has 0 spiro atoms. The molecule has 7 heteroatoms. The predicted molar refractivity (Wildman–Crippen MR) is 84.1 cm³/mol. The number of nitrogens with zero attached hydrogens (tertiary/aromatic N) is 2. The first kappa shape index (κ1) is 18.5. The number of aromatic hydroxyl groups is 1. The highest BCUT2D eigenvalue weighted by Crippen LogP contribution is 2.19. The second-order valence-corrected chi connectivity index (χ2v) is 5.80. The minimum atomic E-state index is -1.65. The van der Waals surface area contributed by atoms with Crippen molar-refractivity contribution in [2.24, 2.45) is 0 Å². The van der Waals surface area contributed by atoms with Crippen molar-refractivity contribution in [1.29, 1.82) is 0 Å². The van der Waals surface area contributed by atoms with Gasteiger partial charge in [-0.15, -0.1) is 0 Å². The van der Waals surface area contributed by atoms with Crippen LogP contribution in [0, 0.1) is 0 Å². The zero-order chi connectivity index (χ0) is 17.8. The van der Waals surface area contributed by atoms with Crippen molar-refractivity contribution < 1.29 is 24.6 Å². The number of aliphatic carboxylic acids is 1. The zero-order valence-electron chi connectivity index (χ0n) is 13.7. The van der Waals surface area contributed by atoms with Gasteiger partial charge in [-0.25, -0.2) is 14.5 Å². The Bertz CT molecular complexity index is 612. The van der Waals surface area contributed by atoms with Crippen LogP contribution in [0.5, 0.6) is 5.75 Å². The lowest BCUT2D eigenvalue weighted by molar-refractivity contribution is -0.153. The van der Waals surface area contributed by atoms with Crippen molar-refractivity contribution in [2.45, 2.75) is 32.7 Å². The van der Waals surface area contributed by atoms with Crippen LogP contribution in [0.3, 0.4) is 0 Å². The van der Waals surface area contributed by atoms with Crippen LogP contribution in [0.15, 0.2) is 24.3 Å². The van der Waals surface area contributed by atoms with Gasteiger partial charge < -0.3 is 15.1 Å². The van der Waals surface area contributed by atoms with E-state index in [2.05, 4.69) is 0 Å². The summed E-state index contributed by atoms with van der Waals surface area (Å²) in [6.45, 7) is 3.98. The fourth-order valence-corrected chi connectivity index (χ4v) is 2.14. The van der Waals surface area contributed by atoms with E-state index in [9.17, 15) is 24.6 Å². The van der Waals surface area contributed by atoms with Crippen LogP contribution in [0.4, 0.5) is 4.79 Å². The number of phenolic OH excluding ortho intramolecular Hbond substituents is 1. The van der Waals surface area contributed by atoms with Gasteiger partial charge in [-0.2, -0.15) is 0 Å². The van der Waals surface area contributed by atoms with Crippen LogP contribution in [0.1, 0.15) is 26.3 Å². The third-order valence-corrected chi connectivity index (χ3v) is 3.62. The van der Waals surface area contributed by atoms with Gasteiger partial charge in [0.2, 0.25) is 5.91 Å². The van der Waals surface area contributed by atoms with Crippen LogP contribution in [0.2, 0.25) is 0 Å². The van der Waals surface area contributed by atoms with E-state index < -0.39 is 23.4 Å². The van der Waals surface area contributed by atoms with Gasteiger partial charge in [-0.3, -0.25) is 4.79 Å². The SMILES string of the molecule is CC(=O)N(C(=O)N(C)CCc1ccccc1O)C(C)(C)C(=O)O. The summed E-state index contributed by atoms with van der Waals surface area (Å²) in [4.78, 5) is 37.5. The first-order valence-electron chi connectivity index (χ1n) is 7.15. The van der Waals surface area contributed by atoms with Gasteiger partial charge in [0.25, 0.3) is 0 Å². The average molecular weight is 322 g/mol. The Morgan fingerprint density at radius 1 is 1.17 bits per heavy atom. The van der Waals surface area contributed by atoms with Gasteiger partial charge in [0, 0.05) is 20.5 Å². The summed E-state index contributed by atoms with van der Waals surface area (Å²) in [6, 6.07) is 6.05. The maximum Gasteiger partial charge on any atom is 0.329 e. The van der Waals surface area contributed by atoms with E-state index in [1.54, 1.807) is 24.3 Å². The molecular weight excluding hydrogens is 300 g/mol. The van der Waals surface area contributed by atoms with Gasteiger partial charge in [-0.1, -0.05) is 18.2 Å². The number of carbonyl (C=O) groups is 3. The van der Waals surface area contributed by atoms with E-state index in [-0.39, 0.29) is 12.3 Å². The van der Waals surface area contributed by atoms with E-state index in [0.29, 0.717) is 12.0 Å².